The van der Waals surface area contributed by atoms with E-state index in [2.05, 4.69) is 0 Å². The summed E-state index contributed by atoms with van der Waals surface area (Å²) in [6.07, 6.45) is 0. The minimum atomic E-state index is -0.999. The van der Waals surface area contributed by atoms with E-state index in [9.17, 15) is 5.11 Å². The van der Waals surface area contributed by atoms with Crippen molar-refractivity contribution in [3.05, 3.63) is 78.9 Å². The van der Waals surface area contributed by atoms with E-state index < -0.39 is 11.2 Å². The molecule has 0 saturated carbocycles. The quantitative estimate of drug-likeness (QED) is 0.466. The first-order valence-corrected chi connectivity index (χ1v) is 10.4. The van der Waals surface area contributed by atoms with Crippen molar-refractivity contribution in [1.29, 1.82) is 0 Å². The largest absolute Gasteiger partial charge is 0.427 e. The summed E-state index contributed by atoms with van der Waals surface area (Å²) < 4.78 is 6.05. The second kappa shape index (κ2) is 8.25. The van der Waals surface area contributed by atoms with Gasteiger partial charge in [-0.05, 0) is 44.8 Å². The van der Waals surface area contributed by atoms with Gasteiger partial charge in [-0.15, -0.1) is 0 Å². The molecule has 0 fully saturated rings. The molecule has 1 heterocycles. The van der Waals surface area contributed by atoms with E-state index in [1.807, 2.05) is 92.7 Å². The Bertz CT molecular complexity index is 1200. The van der Waals surface area contributed by atoms with Crippen molar-refractivity contribution < 1.29 is 9.76 Å². The Hall–Kier alpha value is -3.02. The lowest BCUT2D eigenvalue weighted by molar-refractivity contribution is -0.0893. The molecule has 4 rings (SSSR count). The lowest BCUT2D eigenvalue weighted by Gasteiger charge is -2.37. The van der Waals surface area contributed by atoms with Crippen molar-refractivity contribution in [2.45, 2.75) is 38.9 Å². The Morgan fingerprint density at radius 2 is 1.42 bits per heavy atom. The van der Waals surface area contributed by atoms with Crippen LogP contribution < -0.4 is 5.46 Å². The molecular weight excluding hydrogens is 383 g/mol. The molecule has 1 radical (unpaired) electrons. The second-order valence-corrected chi connectivity index (χ2v) is 8.67. The fraction of sp³-hybridized carbons (Fsp3) is 0.231. The zero-order valence-electron chi connectivity index (χ0n) is 18.3. The van der Waals surface area contributed by atoms with Gasteiger partial charge in [0, 0.05) is 10.9 Å². The summed E-state index contributed by atoms with van der Waals surface area (Å²) in [6.45, 7) is 7.24. The molecule has 4 nitrogen and oxygen atoms in total. The maximum Gasteiger partial charge on any atom is 0.331 e. The van der Waals surface area contributed by atoms with Crippen LogP contribution in [0.5, 0.6) is 0 Å². The Kier molecular flexibility index (Phi) is 5.65. The molecule has 0 saturated heterocycles. The maximum atomic E-state index is 10.4. The Morgan fingerprint density at radius 3 is 2.16 bits per heavy atom. The molecular formula is C26H26BN2O2. The first-order valence-electron chi connectivity index (χ1n) is 10.4. The molecule has 0 bridgehead atoms. The highest BCUT2D eigenvalue weighted by molar-refractivity contribution is 6.49. The molecule has 155 valence electrons. The van der Waals surface area contributed by atoms with Crippen LogP contribution in [-0.4, -0.2) is 33.8 Å². The van der Waals surface area contributed by atoms with Gasteiger partial charge in [-0.1, -0.05) is 72.8 Å². The van der Waals surface area contributed by atoms with Crippen LogP contribution in [0.25, 0.3) is 33.5 Å². The van der Waals surface area contributed by atoms with Crippen molar-refractivity contribution >= 4 is 23.8 Å². The lowest BCUT2D eigenvalue weighted by atomic mass is 9.79. The number of benzene rings is 3. The summed E-state index contributed by atoms with van der Waals surface area (Å²) in [6, 6.07) is 26.0. The summed E-state index contributed by atoms with van der Waals surface area (Å²) in [5, 5.41) is 11.4. The molecule has 5 heteroatoms. The third kappa shape index (κ3) is 4.38. The molecule has 0 unspecified atom stereocenters. The molecule has 0 spiro atoms. The van der Waals surface area contributed by atoms with Crippen molar-refractivity contribution in [2.75, 3.05) is 0 Å². The van der Waals surface area contributed by atoms with Gasteiger partial charge >= 0.3 is 7.48 Å². The summed E-state index contributed by atoms with van der Waals surface area (Å²) >= 11 is 0. The molecule has 0 aliphatic heterocycles. The number of hydrogen-bond donors (Lipinski definition) is 1. The highest BCUT2D eigenvalue weighted by Gasteiger charge is 2.36. The predicted molar refractivity (Wildman–Crippen MR) is 127 cm³/mol. The monoisotopic (exact) mass is 409 g/mol. The van der Waals surface area contributed by atoms with Gasteiger partial charge in [0.15, 0.2) is 5.82 Å². The summed E-state index contributed by atoms with van der Waals surface area (Å²) in [7, 11) is 1.71. The van der Waals surface area contributed by atoms with E-state index in [4.69, 9.17) is 14.6 Å². The van der Waals surface area contributed by atoms with E-state index in [1.54, 1.807) is 21.3 Å². The molecule has 0 amide bonds. The first kappa shape index (κ1) is 21.2. The fourth-order valence-electron chi connectivity index (χ4n) is 3.17. The highest BCUT2D eigenvalue weighted by atomic mass is 16.5. The number of hydrogen-bond acceptors (Lipinski definition) is 4. The molecule has 31 heavy (non-hydrogen) atoms. The summed E-state index contributed by atoms with van der Waals surface area (Å²) in [5.74, 6) is 0.682. The normalized spacial score (nSPS) is 12.2. The van der Waals surface area contributed by atoms with Gasteiger partial charge < -0.3 is 9.76 Å². The van der Waals surface area contributed by atoms with Gasteiger partial charge in [-0.3, -0.25) is 0 Å². The van der Waals surface area contributed by atoms with E-state index >= 15 is 0 Å². The molecule has 3 aromatic carbocycles. The Balaban J connectivity index is 1.83. The SMILES string of the molecule is CC(C)(O)C(C)(C)O[B]c1ccccc1-c1nc(-c2ccccc2)nc2ccccc12. The van der Waals surface area contributed by atoms with E-state index in [0.717, 1.165) is 33.2 Å². The first-order chi connectivity index (χ1) is 14.8. The fourth-order valence-corrected chi connectivity index (χ4v) is 3.17. The molecule has 4 aromatic rings. The van der Waals surface area contributed by atoms with Crippen LogP contribution in [0, 0.1) is 0 Å². The van der Waals surface area contributed by atoms with Crippen molar-refractivity contribution in [3.63, 3.8) is 0 Å². The average Bonchev–Trinajstić information content (AvgIpc) is 2.77. The van der Waals surface area contributed by atoms with E-state index in [0.29, 0.717) is 5.82 Å². The maximum absolute atomic E-state index is 10.4. The van der Waals surface area contributed by atoms with Gasteiger partial charge in [0.2, 0.25) is 0 Å². The Morgan fingerprint density at radius 1 is 0.774 bits per heavy atom. The van der Waals surface area contributed by atoms with Gasteiger partial charge in [0.25, 0.3) is 0 Å². The topological polar surface area (TPSA) is 55.2 Å². The van der Waals surface area contributed by atoms with Crippen LogP contribution in [-0.2, 0) is 4.65 Å². The standard InChI is InChI=1S/C26H26BN2O2/c1-25(2,30)26(3,4)31-27-21-16-10-8-14-19(21)23-20-15-9-11-17-22(20)28-24(29-23)18-12-6-5-7-13-18/h5-17,30H,1-4H3. The van der Waals surface area contributed by atoms with Crippen LogP contribution in [0.1, 0.15) is 27.7 Å². The van der Waals surface area contributed by atoms with Crippen molar-refractivity contribution in [2.24, 2.45) is 0 Å². The minimum Gasteiger partial charge on any atom is -0.427 e. The summed E-state index contributed by atoms with van der Waals surface area (Å²) in [5.41, 5.74) is 2.78. The van der Waals surface area contributed by atoms with Gasteiger partial charge in [-0.25, -0.2) is 9.97 Å². The predicted octanol–water partition coefficient (Wildman–Crippen LogP) is 4.77. The number of para-hydroxylation sites is 1. The Labute approximate surface area is 184 Å². The second-order valence-electron chi connectivity index (χ2n) is 8.67. The minimum absolute atomic E-state index is 0.682. The number of aromatic nitrogens is 2. The number of nitrogens with zero attached hydrogens (tertiary/aromatic N) is 2. The van der Waals surface area contributed by atoms with Crippen LogP contribution in [0.4, 0.5) is 0 Å². The molecule has 1 aromatic heterocycles. The van der Waals surface area contributed by atoms with Crippen LogP contribution in [0.15, 0.2) is 78.9 Å². The van der Waals surface area contributed by atoms with Crippen molar-refractivity contribution in [1.82, 2.24) is 9.97 Å². The molecule has 0 aliphatic rings. The zero-order chi connectivity index (χ0) is 22.1. The smallest absolute Gasteiger partial charge is 0.331 e. The number of rotatable bonds is 6. The van der Waals surface area contributed by atoms with Crippen LogP contribution in [0.2, 0.25) is 0 Å². The van der Waals surface area contributed by atoms with Gasteiger partial charge in [0.05, 0.1) is 22.4 Å². The summed E-state index contributed by atoms with van der Waals surface area (Å²) in [4.78, 5) is 9.75. The van der Waals surface area contributed by atoms with Gasteiger partial charge in [0.1, 0.15) is 0 Å². The zero-order valence-corrected chi connectivity index (χ0v) is 18.3. The third-order valence-electron chi connectivity index (χ3n) is 5.81. The third-order valence-corrected chi connectivity index (χ3v) is 5.81. The van der Waals surface area contributed by atoms with Crippen LogP contribution in [0.3, 0.4) is 0 Å². The molecule has 0 aliphatic carbocycles. The number of aliphatic hydroxyl groups is 1. The van der Waals surface area contributed by atoms with Crippen molar-refractivity contribution in [3.8, 4) is 22.6 Å². The highest BCUT2D eigenvalue weighted by Crippen LogP contribution is 2.29. The van der Waals surface area contributed by atoms with Gasteiger partial charge in [-0.2, -0.15) is 0 Å². The molecule has 0 atom stereocenters. The average molecular weight is 409 g/mol. The van der Waals surface area contributed by atoms with Crippen LogP contribution >= 0.6 is 0 Å². The van der Waals surface area contributed by atoms with E-state index in [-0.39, 0.29) is 0 Å². The van der Waals surface area contributed by atoms with E-state index in [1.165, 1.54) is 0 Å². The lowest BCUT2D eigenvalue weighted by Crippen LogP contribution is -2.49. The molecule has 1 N–H and O–H groups in total. The number of fused-ring (bicyclic) bond motifs is 1.